The van der Waals surface area contributed by atoms with Crippen LogP contribution in [0.3, 0.4) is 0 Å². The quantitative estimate of drug-likeness (QED) is 0.357. The SMILES string of the molecule is Cc1ccc2c(N3C(=O)CCC3C)cccc2c1Oc1ncccc1-c1ccnc(N[C@H]2CCCNC2)n1. The molecular weight excluding hydrogens is 476 g/mol. The molecule has 2 atom stereocenters. The number of piperidine rings is 1. The summed E-state index contributed by atoms with van der Waals surface area (Å²) in [6.45, 7) is 6.08. The number of aromatic nitrogens is 3. The predicted molar refractivity (Wildman–Crippen MR) is 150 cm³/mol. The van der Waals surface area contributed by atoms with Crippen molar-refractivity contribution in [3.05, 3.63) is 66.5 Å². The Balaban J connectivity index is 1.36. The number of hydrogen-bond donors (Lipinski definition) is 2. The molecule has 2 fully saturated rings. The molecule has 2 N–H and O–H groups in total. The number of fused-ring (bicyclic) bond motifs is 1. The van der Waals surface area contributed by atoms with Gasteiger partial charge in [-0.15, -0.1) is 0 Å². The summed E-state index contributed by atoms with van der Waals surface area (Å²) in [5.74, 6) is 1.96. The number of carbonyl (C=O) groups is 1. The Bertz CT molecular complexity index is 1480. The molecule has 1 amide bonds. The number of nitrogens with one attached hydrogen (secondary N) is 2. The summed E-state index contributed by atoms with van der Waals surface area (Å²) in [6.07, 6.45) is 7.16. The van der Waals surface area contributed by atoms with Crippen molar-refractivity contribution in [2.24, 2.45) is 0 Å². The lowest BCUT2D eigenvalue weighted by Crippen LogP contribution is -2.38. The first-order chi connectivity index (χ1) is 18.6. The van der Waals surface area contributed by atoms with E-state index >= 15 is 0 Å². The molecule has 1 unspecified atom stereocenters. The summed E-state index contributed by atoms with van der Waals surface area (Å²) in [6, 6.07) is 16.4. The summed E-state index contributed by atoms with van der Waals surface area (Å²) in [5, 5.41) is 8.80. The van der Waals surface area contributed by atoms with E-state index in [0.29, 0.717) is 24.3 Å². The first-order valence-electron chi connectivity index (χ1n) is 13.4. The highest BCUT2D eigenvalue weighted by atomic mass is 16.5. The van der Waals surface area contributed by atoms with Crippen LogP contribution in [0.25, 0.3) is 22.0 Å². The molecule has 2 aromatic carbocycles. The molecule has 2 saturated heterocycles. The van der Waals surface area contributed by atoms with Gasteiger partial charge in [-0.3, -0.25) is 4.79 Å². The number of benzene rings is 2. The molecule has 0 saturated carbocycles. The van der Waals surface area contributed by atoms with E-state index in [2.05, 4.69) is 33.6 Å². The third kappa shape index (κ3) is 4.67. The van der Waals surface area contributed by atoms with Crippen molar-refractivity contribution < 1.29 is 9.53 Å². The lowest BCUT2D eigenvalue weighted by atomic mass is 10.0. The highest BCUT2D eigenvalue weighted by Gasteiger charge is 2.30. The second-order valence-electron chi connectivity index (χ2n) is 10.1. The van der Waals surface area contributed by atoms with E-state index < -0.39 is 0 Å². The number of anilines is 2. The number of rotatable bonds is 6. The molecular formula is C30H32N6O2. The van der Waals surface area contributed by atoms with Gasteiger partial charge in [0.15, 0.2) is 0 Å². The van der Waals surface area contributed by atoms with Crippen molar-refractivity contribution in [1.82, 2.24) is 20.3 Å². The molecule has 2 aliphatic heterocycles. The zero-order chi connectivity index (χ0) is 26.1. The minimum atomic E-state index is 0.164. The monoisotopic (exact) mass is 508 g/mol. The van der Waals surface area contributed by atoms with Crippen LogP contribution in [-0.4, -0.2) is 46.0 Å². The van der Waals surface area contributed by atoms with E-state index in [-0.39, 0.29) is 11.9 Å². The van der Waals surface area contributed by atoms with Gasteiger partial charge in [0, 0.05) is 48.2 Å². The zero-order valence-electron chi connectivity index (χ0n) is 21.8. The minimum Gasteiger partial charge on any atom is -0.437 e. The largest absolute Gasteiger partial charge is 0.437 e. The van der Waals surface area contributed by atoms with Crippen LogP contribution in [0.15, 0.2) is 60.9 Å². The number of amides is 1. The van der Waals surface area contributed by atoms with Gasteiger partial charge >= 0.3 is 0 Å². The van der Waals surface area contributed by atoms with Gasteiger partial charge in [-0.1, -0.05) is 24.3 Å². The molecule has 0 radical (unpaired) electrons. The van der Waals surface area contributed by atoms with E-state index in [9.17, 15) is 4.79 Å². The van der Waals surface area contributed by atoms with E-state index in [1.165, 1.54) is 0 Å². The van der Waals surface area contributed by atoms with Gasteiger partial charge in [0.1, 0.15) is 5.75 Å². The first-order valence-corrected chi connectivity index (χ1v) is 13.4. The summed E-state index contributed by atoms with van der Waals surface area (Å²) >= 11 is 0. The molecule has 4 heterocycles. The predicted octanol–water partition coefficient (Wildman–Crippen LogP) is 5.47. The van der Waals surface area contributed by atoms with Crippen LogP contribution in [0.1, 0.15) is 38.2 Å². The fraction of sp³-hybridized carbons (Fsp3) is 0.333. The fourth-order valence-electron chi connectivity index (χ4n) is 5.47. The average Bonchev–Trinajstić information content (AvgIpc) is 3.28. The number of aryl methyl sites for hydroxylation is 1. The van der Waals surface area contributed by atoms with Gasteiger partial charge in [0.25, 0.3) is 0 Å². The molecule has 2 aliphatic rings. The van der Waals surface area contributed by atoms with E-state index in [1.807, 2.05) is 54.3 Å². The van der Waals surface area contributed by atoms with Crippen LogP contribution < -0.4 is 20.3 Å². The van der Waals surface area contributed by atoms with Crippen LogP contribution in [0.2, 0.25) is 0 Å². The molecule has 0 aliphatic carbocycles. The molecule has 8 nitrogen and oxygen atoms in total. The molecule has 0 bridgehead atoms. The van der Waals surface area contributed by atoms with Crippen molar-refractivity contribution in [3.63, 3.8) is 0 Å². The summed E-state index contributed by atoms with van der Waals surface area (Å²) in [7, 11) is 0. The summed E-state index contributed by atoms with van der Waals surface area (Å²) in [4.78, 5) is 28.4. The second kappa shape index (κ2) is 10.4. The van der Waals surface area contributed by atoms with E-state index in [1.54, 1.807) is 12.4 Å². The van der Waals surface area contributed by atoms with Crippen LogP contribution >= 0.6 is 0 Å². The van der Waals surface area contributed by atoms with Crippen molar-refractivity contribution >= 4 is 28.3 Å². The van der Waals surface area contributed by atoms with Crippen molar-refractivity contribution in [2.45, 2.75) is 51.6 Å². The normalized spacial score (nSPS) is 19.6. The molecule has 4 aromatic rings. The zero-order valence-corrected chi connectivity index (χ0v) is 21.8. The van der Waals surface area contributed by atoms with Gasteiger partial charge in [0.2, 0.25) is 17.7 Å². The van der Waals surface area contributed by atoms with Crippen molar-refractivity contribution in [3.8, 4) is 22.9 Å². The Morgan fingerprint density at radius 2 is 1.95 bits per heavy atom. The highest BCUT2D eigenvalue weighted by molar-refractivity contribution is 6.07. The Kier molecular flexibility index (Phi) is 6.64. The smallest absolute Gasteiger partial charge is 0.228 e. The fourth-order valence-corrected chi connectivity index (χ4v) is 5.47. The highest BCUT2D eigenvalue weighted by Crippen LogP contribution is 2.41. The van der Waals surface area contributed by atoms with Gasteiger partial charge in [-0.2, -0.15) is 0 Å². The third-order valence-electron chi connectivity index (χ3n) is 7.46. The van der Waals surface area contributed by atoms with Crippen LogP contribution in [-0.2, 0) is 4.79 Å². The van der Waals surface area contributed by atoms with Crippen LogP contribution in [0.5, 0.6) is 11.6 Å². The van der Waals surface area contributed by atoms with Crippen molar-refractivity contribution in [1.29, 1.82) is 0 Å². The molecule has 0 spiro atoms. The first kappa shape index (κ1) is 24.3. The standard InChI is InChI=1S/C30H32N6O2/c1-19-10-12-22-23(7-3-9-26(22)36-20(2)11-13-27(36)37)28(19)38-29-24(8-5-16-32-29)25-14-17-33-30(35-25)34-21-6-4-15-31-18-21/h3,5,7-10,12,14,16-17,20-21,31H,4,6,11,13,15,18H2,1-2H3,(H,33,34,35)/t20?,21-/m0/s1. The number of carbonyl (C=O) groups excluding carboxylic acids is 1. The van der Waals surface area contributed by atoms with E-state index in [4.69, 9.17) is 9.72 Å². The lowest BCUT2D eigenvalue weighted by molar-refractivity contribution is -0.117. The lowest BCUT2D eigenvalue weighted by Gasteiger charge is -2.24. The molecule has 38 heavy (non-hydrogen) atoms. The Morgan fingerprint density at radius 3 is 2.76 bits per heavy atom. The number of hydrogen-bond acceptors (Lipinski definition) is 7. The number of ether oxygens (including phenoxy) is 1. The molecule has 6 rings (SSSR count). The number of pyridine rings is 1. The second-order valence-corrected chi connectivity index (χ2v) is 10.1. The minimum absolute atomic E-state index is 0.164. The van der Waals surface area contributed by atoms with Gasteiger partial charge < -0.3 is 20.3 Å². The maximum absolute atomic E-state index is 12.7. The molecule has 2 aromatic heterocycles. The topological polar surface area (TPSA) is 92.3 Å². The summed E-state index contributed by atoms with van der Waals surface area (Å²) < 4.78 is 6.56. The maximum atomic E-state index is 12.7. The Morgan fingerprint density at radius 1 is 1.03 bits per heavy atom. The maximum Gasteiger partial charge on any atom is 0.228 e. The Labute approximate surface area is 222 Å². The Hall–Kier alpha value is -4.04. The average molecular weight is 509 g/mol. The third-order valence-corrected chi connectivity index (χ3v) is 7.46. The van der Waals surface area contributed by atoms with Crippen LogP contribution in [0, 0.1) is 6.92 Å². The molecule has 194 valence electrons. The van der Waals surface area contributed by atoms with Crippen LogP contribution in [0.4, 0.5) is 11.6 Å². The van der Waals surface area contributed by atoms with Gasteiger partial charge in [-0.05, 0) is 69.5 Å². The summed E-state index contributed by atoms with van der Waals surface area (Å²) in [5.41, 5.74) is 3.44. The molecule has 8 heteroatoms. The van der Waals surface area contributed by atoms with Gasteiger partial charge in [-0.25, -0.2) is 15.0 Å². The van der Waals surface area contributed by atoms with E-state index in [0.717, 1.165) is 71.4 Å². The number of nitrogens with zero attached hydrogens (tertiary/aromatic N) is 4. The van der Waals surface area contributed by atoms with Crippen molar-refractivity contribution in [2.75, 3.05) is 23.3 Å². The van der Waals surface area contributed by atoms with Gasteiger partial charge in [0.05, 0.1) is 16.9 Å².